The van der Waals surface area contributed by atoms with Crippen LogP contribution in [0.2, 0.25) is 0 Å². The van der Waals surface area contributed by atoms with Gasteiger partial charge in [0, 0.05) is 25.3 Å². The maximum absolute atomic E-state index is 12.6. The van der Waals surface area contributed by atoms with Crippen molar-refractivity contribution in [2.45, 2.75) is 39.2 Å². The first-order chi connectivity index (χ1) is 9.17. The van der Waals surface area contributed by atoms with E-state index in [1.54, 1.807) is 6.20 Å². The molecule has 1 saturated heterocycles. The van der Waals surface area contributed by atoms with Gasteiger partial charge in [0.05, 0.1) is 0 Å². The number of rotatable bonds is 3. The number of aryl methyl sites for hydroxylation is 1. The summed E-state index contributed by atoms with van der Waals surface area (Å²) < 4.78 is 0. The van der Waals surface area contributed by atoms with E-state index >= 15 is 0 Å². The highest BCUT2D eigenvalue weighted by Crippen LogP contribution is 2.26. The molecule has 1 aromatic heterocycles. The van der Waals surface area contributed by atoms with Gasteiger partial charge < -0.3 is 10.6 Å². The van der Waals surface area contributed by atoms with Gasteiger partial charge in [-0.2, -0.15) is 0 Å². The predicted molar refractivity (Wildman–Crippen MR) is 75.9 cm³/mol. The molecule has 1 aliphatic rings. The second kappa shape index (κ2) is 6.15. The topological polar surface area (TPSA) is 59.2 Å². The third-order valence-corrected chi connectivity index (χ3v) is 4.15. The van der Waals surface area contributed by atoms with Crippen LogP contribution in [0, 0.1) is 12.8 Å². The fraction of sp³-hybridized carbons (Fsp3) is 0.600. The normalized spacial score (nSPS) is 23.4. The van der Waals surface area contributed by atoms with E-state index in [-0.39, 0.29) is 11.9 Å². The highest BCUT2D eigenvalue weighted by atomic mass is 16.2. The number of nitrogens with two attached hydrogens (primary N) is 1. The summed E-state index contributed by atoms with van der Waals surface area (Å²) >= 11 is 0. The summed E-state index contributed by atoms with van der Waals surface area (Å²) in [7, 11) is 0. The lowest BCUT2D eigenvalue weighted by atomic mass is 9.88. The Morgan fingerprint density at radius 2 is 2.37 bits per heavy atom. The molecule has 0 aromatic carbocycles. The van der Waals surface area contributed by atoms with Crippen LogP contribution in [0.25, 0.3) is 0 Å². The van der Waals surface area contributed by atoms with Crippen LogP contribution < -0.4 is 5.73 Å². The first-order valence-corrected chi connectivity index (χ1v) is 7.10. The molecule has 2 atom stereocenters. The van der Waals surface area contributed by atoms with Gasteiger partial charge in [0.2, 0.25) is 0 Å². The lowest BCUT2D eigenvalue weighted by Crippen LogP contribution is -2.49. The minimum absolute atomic E-state index is 0.0307. The predicted octanol–water partition coefficient (Wildman–Crippen LogP) is 1.98. The SMILES string of the molecule is CCC1CCN(C(=O)c2ncccc2C)C(CN)C1. The van der Waals surface area contributed by atoms with Crippen molar-refractivity contribution in [1.29, 1.82) is 0 Å². The molecule has 104 valence electrons. The quantitative estimate of drug-likeness (QED) is 0.905. The third-order valence-electron chi connectivity index (χ3n) is 4.15. The van der Waals surface area contributed by atoms with E-state index in [0.717, 1.165) is 24.9 Å². The van der Waals surface area contributed by atoms with Crippen LogP contribution in [0.3, 0.4) is 0 Å². The Bertz CT molecular complexity index is 447. The zero-order valence-electron chi connectivity index (χ0n) is 11.8. The van der Waals surface area contributed by atoms with E-state index in [1.165, 1.54) is 6.42 Å². The Hall–Kier alpha value is -1.42. The van der Waals surface area contributed by atoms with Crippen molar-refractivity contribution in [3.8, 4) is 0 Å². The number of hydrogen-bond donors (Lipinski definition) is 1. The van der Waals surface area contributed by atoms with Gasteiger partial charge >= 0.3 is 0 Å². The standard InChI is InChI=1S/C15H23N3O/c1-3-12-6-8-18(13(9-12)10-16)15(19)14-11(2)5-4-7-17-14/h4-5,7,12-13H,3,6,8-10,16H2,1-2H3. The van der Waals surface area contributed by atoms with Gasteiger partial charge in [-0.15, -0.1) is 0 Å². The Morgan fingerprint density at radius 1 is 1.58 bits per heavy atom. The molecular formula is C15H23N3O. The Balaban J connectivity index is 2.17. The molecule has 19 heavy (non-hydrogen) atoms. The first kappa shape index (κ1) is 14.0. The van der Waals surface area contributed by atoms with Gasteiger partial charge in [-0.05, 0) is 37.3 Å². The van der Waals surface area contributed by atoms with E-state index in [9.17, 15) is 4.79 Å². The molecule has 1 amide bonds. The van der Waals surface area contributed by atoms with E-state index in [1.807, 2.05) is 24.0 Å². The van der Waals surface area contributed by atoms with E-state index in [2.05, 4.69) is 11.9 Å². The number of nitrogens with zero attached hydrogens (tertiary/aromatic N) is 2. The lowest BCUT2D eigenvalue weighted by molar-refractivity contribution is 0.0552. The van der Waals surface area contributed by atoms with Gasteiger partial charge in [0.15, 0.2) is 0 Å². The molecule has 0 aliphatic carbocycles. The second-order valence-electron chi connectivity index (χ2n) is 5.36. The second-order valence-corrected chi connectivity index (χ2v) is 5.36. The van der Waals surface area contributed by atoms with Crippen molar-refractivity contribution in [1.82, 2.24) is 9.88 Å². The number of piperidine rings is 1. The fourth-order valence-electron chi connectivity index (χ4n) is 2.84. The number of aromatic nitrogens is 1. The average Bonchev–Trinajstić information content (AvgIpc) is 2.46. The van der Waals surface area contributed by atoms with Gasteiger partial charge in [-0.25, -0.2) is 0 Å². The van der Waals surface area contributed by atoms with E-state index in [4.69, 9.17) is 5.73 Å². The summed E-state index contributed by atoms with van der Waals surface area (Å²) in [5.74, 6) is 0.727. The van der Waals surface area contributed by atoms with Crippen LogP contribution in [0.5, 0.6) is 0 Å². The molecule has 4 heteroatoms. The average molecular weight is 261 g/mol. The van der Waals surface area contributed by atoms with Gasteiger partial charge in [-0.3, -0.25) is 9.78 Å². The molecule has 2 rings (SSSR count). The summed E-state index contributed by atoms with van der Waals surface area (Å²) in [4.78, 5) is 18.7. The molecule has 1 aromatic rings. The van der Waals surface area contributed by atoms with Crippen LogP contribution >= 0.6 is 0 Å². The van der Waals surface area contributed by atoms with Crippen LogP contribution in [0.1, 0.15) is 42.2 Å². The van der Waals surface area contributed by atoms with E-state index < -0.39 is 0 Å². The van der Waals surface area contributed by atoms with Crippen molar-refractivity contribution in [2.75, 3.05) is 13.1 Å². The monoisotopic (exact) mass is 261 g/mol. The molecule has 2 N–H and O–H groups in total. The molecule has 0 spiro atoms. The maximum atomic E-state index is 12.6. The minimum atomic E-state index is 0.0307. The van der Waals surface area contributed by atoms with Crippen molar-refractivity contribution in [3.63, 3.8) is 0 Å². The number of hydrogen-bond acceptors (Lipinski definition) is 3. The molecule has 4 nitrogen and oxygen atoms in total. The van der Waals surface area contributed by atoms with Crippen molar-refractivity contribution < 1.29 is 4.79 Å². The number of carbonyl (C=O) groups excluding carboxylic acids is 1. The Kier molecular flexibility index (Phi) is 4.53. The maximum Gasteiger partial charge on any atom is 0.273 e. The van der Waals surface area contributed by atoms with E-state index in [0.29, 0.717) is 18.2 Å². The molecule has 0 bridgehead atoms. The van der Waals surface area contributed by atoms with Gasteiger partial charge in [0.1, 0.15) is 5.69 Å². The summed E-state index contributed by atoms with van der Waals surface area (Å²) in [5, 5.41) is 0. The lowest BCUT2D eigenvalue weighted by Gasteiger charge is -2.38. The molecule has 1 fully saturated rings. The van der Waals surface area contributed by atoms with Gasteiger partial charge in [-0.1, -0.05) is 19.4 Å². The largest absolute Gasteiger partial charge is 0.333 e. The summed E-state index contributed by atoms with van der Waals surface area (Å²) in [6.45, 7) is 5.47. The molecule has 1 aliphatic heterocycles. The number of likely N-dealkylation sites (tertiary alicyclic amines) is 1. The zero-order chi connectivity index (χ0) is 13.8. The minimum Gasteiger partial charge on any atom is -0.333 e. The summed E-state index contributed by atoms with van der Waals surface area (Å²) in [5.41, 5.74) is 7.35. The molecule has 2 unspecified atom stereocenters. The van der Waals surface area contributed by atoms with Crippen molar-refractivity contribution in [3.05, 3.63) is 29.6 Å². The first-order valence-electron chi connectivity index (χ1n) is 7.10. The summed E-state index contributed by atoms with van der Waals surface area (Å²) in [6, 6.07) is 3.94. The van der Waals surface area contributed by atoms with Crippen LogP contribution in [-0.2, 0) is 0 Å². The Morgan fingerprint density at radius 3 is 3.00 bits per heavy atom. The third kappa shape index (κ3) is 2.95. The molecule has 0 saturated carbocycles. The smallest absolute Gasteiger partial charge is 0.273 e. The number of amides is 1. The molecular weight excluding hydrogens is 238 g/mol. The number of carbonyl (C=O) groups is 1. The van der Waals surface area contributed by atoms with Crippen LogP contribution in [-0.4, -0.2) is 34.9 Å². The molecule has 2 heterocycles. The fourth-order valence-corrected chi connectivity index (χ4v) is 2.84. The van der Waals surface area contributed by atoms with Gasteiger partial charge in [0.25, 0.3) is 5.91 Å². The Labute approximate surface area is 115 Å². The summed E-state index contributed by atoms with van der Waals surface area (Å²) in [6.07, 6.45) is 4.94. The van der Waals surface area contributed by atoms with Crippen molar-refractivity contribution >= 4 is 5.91 Å². The number of pyridine rings is 1. The highest BCUT2D eigenvalue weighted by molar-refractivity contribution is 5.93. The van der Waals surface area contributed by atoms with Crippen LogP contribution in [0.15, 0.2) is 18.3 Å². The van der Waals surface area contributed by atoms with Crippen molar-refractivity contribution in [2.24, 2.45) is 11.7 Å². The molecule has 0 radical (unpaired) electrons. The highest BCUT2D eigenvalue weighted by Gasteiger charge is 2.31. The zero-order valence-corrected chi connectivity index (χ0v) is 11.8. The van der Waals surface area contributed by atoms with Crippen LogP contribution in [0.4, 0.5) is 0 Å².